The van der Waals surface area contributed by atoms with Crippen molar-refractivity contribution in [2.45, 2.75) is 59.8 Å². The Morgan fingerprint density at radius 2 is 1.67 bits per heavy atom. The topological polar surface area (TPSA) is 57.5 Å². The molecule has 0 aliphatic carbocycles. The van der Waals surface area contributed by atoms with Crippen molar-refractivity contribution < 1.29 is 15.0 Å². The van der Waals surface area contributed by atoms with Gasteiger partial charge < -0.3 is 10.2 Å². The average molecular weight is 334 g/mol. The van der Waals surface area contributed by atoms with Crippen molar-refractivity contribution >= 4 is 5.78 Å². The van der Waals surface area contributed by atoms with Crippen LogP contribution in [0, 0.1) is 5.92 Å². The van der Waals surface area contributed by atoms with Crippen molar-refractivity contribution in [3.63, 3.8) is 0 Å². The largest absolute Gasteiger partial charge is 0.392 e. The number of carbonyl (C=O) groups is 1. The van der Waals surface area contributed by atoms with E-state index in [0.717, 1.165) is 48.0 Å². The standard InChI is InChI=1S/C21H34O3/c1-16(2)19(5)14-21(24)18(4)9-7-11-20(15-23)10-6-8-17(3)12-13-22/h9-10,12,16,22-23H,5-8,11,13-15H2,1-4H3. The van der Waals surface area contributed by atoms with Crippen LogP contribution in [0.1, 0.15) is 59.8 Å². The Labute approximate surface area is 147 Å². The summed E-state index contributed by atoms with van der Waals surface area (Å²) in [7, 11) is 0. The van der Waals surface area contributed by atoms with Crippen molar-refractivity contribution in [1.82, 2.24) is 0 Å². The molecule has 0 rings (SSSR count). The Hall–Kier alpha value is -1.45. The van der Waals surface area contributed by atoms with Gasteiger partial charge in [-0.25, -0.2) is 0 Å². The van der Waals surface area contributed by atoms with E-state index in [1.54, 1.807) is 6.08 Å². The zero-order chi connectivity index (χ0) is 18.5. The molecule has 0 saturated heterocycles. The number of aliphatic hydroxyl groups is 2. The van der Waals surface area contributed by atoms with Gasteiger partial charge in [0.25, 0.3) is 0 Å². The molecule has 0 saturated carbocycles. The Kier molecular flexibility index (Phi) is 12.1. The zero-order valence-electron chi connectivity index (χ0n) is 15.8. The van der Waals surface area contributed by atoms with Crippen LogP contribution in [0.3, 0.4) is 0 Å². The molecule has 0 heterocycles. The highest BCUT2D eigenvalue weighted by Gasteiger charge is 2.09. The number of Topliss-reactive ketones (excluding diaryl/α,β-unsaturated/α-hetero) is 1. The molecule has 0 aromatic rings. The molecule has 136 valence electrons. The van der Waals surface area contributed by atoms with Crippen molar-refractivity contribution in [3.05, 3.63) is 47.1 Å². The fourth-order valence-electron chi connectivity index (χ4n) is 2.15. The SMILES string of the molecule is C=C(CC(=O)C(C)=CCCC(=CCCC(C)=CCO)CO)C(C)C. The van der Waals surface area contributed by atoms with Gasteiger partial charge in [-0.2, -0.15) is 0 Å². The first-order valence-electron chi connectivity index (χ1n) is 8.74. The van der Waals surface area contributed by atoms with Gasteiger partial charge in [0.2, 0.25) is 0 Å². The normalized spacial score (nSPS) is 13.5. The second-order valence-corrected chi connectivity index (χ2v) is 6.63. The quantitative estimate of drug-likeness (QED) is 0.407. The molecule has 0 bridgehead atoms. The number of carbonyl (C=O) groups excluding carboxylic acids is 1. The fourth-order valence-corrected chi connectivity index (χ4v) is 2.15. The van der Waals surface area contributed by atoms with Gasteiger partial charge in [-0.05, 0) is 56.6 Å². The van der Waals surface area contributed by atoms with Crippen LogP contribution < -0.4 is 0 Å². The number of ketones is 1. The summed E-state index contributed by atoms with van der Waals surface area (Å²) in [4.78, 5) is 12.1. The minimum Gasteiger partial charge on any atom is -0.392 e. The van der Waals surface area contributed by atoms with Crippen molar-refractivity contribution in [1.29, 1.82) is 0 Å². The van der Waals surface area contributed by atoms with Crippen LogP contribution in [0.2, 0.25) is 0 Å². The van der Waals surface area contributed by atoms with E-state index in [-0.39, 0.29) is 19.0 Å². The molecule has 0 fully saturated rings. The van der Waals surface area contributed by atoms with E-state index in [1.807, 2.05) is 33.8 Å². The Morgan fingerprint density at radius 1 is 1.04 bits per heavy atom. The zero-order valence-corrected chi connectivity index (χ0v) is 15.8. The third kappa shape index (κ3) is 10.3. The number of allylic oxidation sites excluding steroid dienone is 5. The van der Waals surface area contributed by atoms with E-state index in [2.05, 4.69) is 12.7 Å². The van der Waals surface area contributed by atoms with E-state index in [9.17, 15) is 9.90 Å². The summed E-state index contributed by atoms with van der Waals surface area (Å²) in [5.74, 6) is 0.460. The molecular weight excluding hydrogens is 300 g/mol. The third-order valence-corrected chi connectivity index (χ3v) is 4.17. The second-order valence-electron chi connectivity index (χ2n) is 6.63. The first kappa shape index (κ1) is 22.6. The van der Waals surface area contributed by atoms with Gasteiger partial charge in [-0.3, -0.25) is 4.79 Å². The lowest BCUT2D eigenvalue weighted by Gasteiger charge is -2.09. The van der Waals surface area contributed by atoms with Gasteiger partial charge in [-0.15, -0.1) is 0 Å². The highest BCUT2D eigenvalue weighted by atomic mass is 16.3. The molecular formula is C21H34O3. The maximum atomic E-state index is 12.1. The molecule has 0 unspecified atom stereocenters. The van der Waals surface area contributed by atoms with Crippen molar-refractivity contribution in [3.8, 4) is 0 Å². The number of rotatable bonds is 12. The van der Waals surface area contributed by atoms with Gasteiger partial charge in [0.1, 0.15) is 0 Å². The summed E-state index contributed by atoms with van der Waals surface area (Å²) in [6.07, 6.45) is 9.48. The molecule has 24 heavy (non-hydrogen) atoms. The first-order chi connectivity index (χ1) is 11.3. The smallest absolute Gasteiger partial charge is 0.162 e. The van der Waals surface area contributed by atoms with E-state index in [4.69, 9.17) is 5.11 Å². The van der Waals surface area contributed by atoms with Crippen LogP contribution in [-0.4, -0.2) is 29.2 Å². The van der Waals surface area contributed by atoms with Gasteiger partial charge in [0, 0.05) is 6.42 Å². The third-order valence-electron chi connectivity index (χ3n) is 4.17. The first-order valence-corrected chi connectivity index (χ1v) is 8.74. The molecule has 3 heteroatoms. The molecule has 0 aromatic heterocycles. The molecule has 0 aliphatic rings. The maximum absolute atomic E-state index is 12.1. The van der Waals surface area contributed by atoms with E-state index in [1.165, 1.54) is 0 Å². The van der Waals surface area contributed by atoms with Gasteiger partial charge in [-0.1, -0.05) is 49.8 Å². The number of hydrogen-bond donors (Lipinski definition) is 2. The van der Waals surface area contributed by atoms with Crippen LogP contribution in [0.25, 0.3) is 0 Å². The highest BCUT2D eigenvalue weighted by molar-refractivity contribution is 5.96. The lowest BCUT2D eigenvalue weighted by Crippen LogP contribution is -2.04. The number of hydrogen-bond acceptors (Lipinski definition) is 3. The summed E-state index contributed by atoms with van der Waals surface area (Å²) in [6, 6.07) is 0. The Balaban J connectivity index is 4.39. The van der Waals surface area contributed by atoms with E-state index < -0.39 is 0 Å². The van der Waals surface area contributed by atoms with Crippen LogP contribution in [0.15, 0.2) is 47.1 Å². The molecule has 0 amide bonds. The van der Waals surface area contributed by atoms with Gasteiger partial charge >= 0.3 is 0 Å². The monoisotopic (exact) mass is 334 g/mol. The van der Waals surface area contributed by atoms with Crippen LogP contribution in [0.5, 0.6) is 0 Å². The minimum atomic E-state index is 0.0494. The fraction of sp³-hybridized carbons (Fsp3) is 0.571. The van der Waals surface area contributed by atoms with Crippen LogP contribution >= 0.6 is 0 Å². The predicted molar refractivity (Wildman–Crippen MR) is 102 cm³/mol. The molecule has 3 nitrogen and oxygen atoms in total. The number of aliphatic hydroxyl groups excluding tert-OH is 2. The van der Waals surface area contributed by atoms with Crippen LogP contribution in [0.4, 0.5) is 0 Å². The lowest BCUT2D eigenvalue weighted by molar-refractivity contribution is -0.115. The summed E-state index contributed by atoms with van der Waals surface area (Å²) >= 11 is 0. The van der Waals surface area contributed by atoms with Crippen LogP contribution in [-0.2, 0) is 4.79 Å². The summed E-state index contributed by atoms with van der Waals surface area (Å²) < 4.78 is 0. The van der Waals surface area contributed by atoms with Gasteiger partial charge in [0.15, 0.2) is 5.78 Å². The molecule has 2 N–H and O–H groups in total. The summed E-state index contributed by atoms with van der Waals surface area (Å²) in [5.41, 5.74) is 3.89. The summed E-state index contributed by atoms with van der Waals surface area (Å²) in [5, 5.41) is 18.2. The maximum Gasteiger partial charge on any atom is 0.162 e. The average Bonchev–Trinajstić information content (AvgIpc) is 2.53. The molecule has 0 atom stereocenters. The Bertz CT molecular complexity index is 493. The highest BCUT2D eigenvalue weighted by Crippen LogP contribution is 2.16. The molecule has 0 aromatic carbocycles. The minimum absolute atomic E-state index is 0.0494. The van der Waals surface area contributed by atoms with Crippen molar-refractivity contribution in [2.24, 2.45) is 5.92 Å². The predicted octanol–water partition coefficient (Wildman–Crippen LogP) is 4.52. The molecule has 0 radical (unpaired) electrons. The van der Waals surface area contributed by atoms with Gasteiger partial charge in [0.05, 0.1) is 13.2 Å². The molecule has 0 spiro atoms. The van der Waals surface area contributed by atoms with Crippen molar-refractivity contribution in [2.75, 3.05) is 13.2 Å². The lowest BCUT2D eigenvalue weighted by atomic mass is 9.96. The van der Waals surface area contributed by atoms with E-state index in [0.29, 0.717) is 12.3 Å². The van der Waals surface area contributed by atoms with E-state index >= 15 is 0 Å². The second kappa shape index (κ2) is 12.9. The Morgan fingerprint density at radius 3 is 2.21 bits per heavy atom. The summed E-state index contributed by atoms with van der Waals surface area (Å²) in [6.45, 7) is 12.0. The molecule has 0 aliphatic heterocycles.